The topological polar surface area (TPSA) is 55.1 Å². The minimum absolute atomic E-state index is 0.0333. The van der Waals surface area contributed by atoms with E-state index in [1.807, 2.05) is 39.0 Å². The average molecular weight is 334 g/mol. The molecule has 3 rings (SSSR count). The van der Waals surface area contributed by atoms with Crippen LogP contribution in [0.25, 0.3) is 11.1 Å². The van der Waals surface area contributed by atoms with E-state index < -0.39 is 0 Å². The molecule has 0 aliphatic carbocycles. The number of hydrogen-bond acceptors (Lipinski definition) is 3. The third kappa shape index (κ3) is 3.97. The van der Waals surface area contributed by atoms with Crippen molar-refractivity contribution in [1.82, 2.24) is 10.5 Å². The molecule has 1 aromatic heterocycles. The van der Waals surface area contributed by atoms with Crippen molar-refractivity contribution in [2.45, 2.75) is 33.2 Å². The van der Waals surface area contributed by atoms with Gasteiger partial charge in [-0.15, -0.1) is 0 Å². The van der Waals surface area contributed by atoms with Gasteiger partial charge in [0.2, 0.25) is 5.91 Å². The first-order chi connectivity index (χ1) is 12.0. The molecule has 0 fully saturated rings. The van der Waals surface area contributed by atoms with Crippen LogP contribution < -0.4 is 5.32 Å². The SMILES string of the molecule is Cc1noc(C)c1CC(=O)NC(C)c1ccc(-c2ccccc2)cc1. The molecule has 25 heavy (non-hydrogen) atoms. The molecule has 0 radical (unpaired) electrons. The van der Waals surface area contributed by atoms with Crippen LogP contribution in [-0.4, -0.2) is 11.1 Å². The molecule has 0 saturated heterocycles. The highest BCUT2D eigenvalue weighted by atomic mass is 16.5. The fourth-order valence-electron chi connectivity index (χ4n) is 2.89. The van der Waals surface area contributed by atoms with Gasteiger partial charge in [0, 0.05) is 5.56 Å². The van der Waals surface area contributed by atoms with Crippen molar-refractivity contribution in [2.24, 2.45) is 0 Å². The van der Waals surface area contributed by atoms with Gasteiger partial charge in [-0.25, -0.2) is 0 Å². The van der Waals surface area contributed by atoms with E-state index in [4.69, 9.17) is 4.52 Å². The van der Waals surface area contributed by atoms with Crippen LogP contribution in [-0.2, 0) is 11.2 Å². The highest BCUT2D eigenvalue weighted by Gasteiger charge is 2.15. The van der Waals surface area contributed by atoms with Crippen molar-refractivity contribution in [3.63, 3.8) is 0 Å². The number of amides is 1. The number of hydrogen-bond donors (Lipinski definition) is 1. The predicted octanol–water partition coefficient (Wildman–Crippen LogP) is 4.38. The highest BCUT2D eigenvalue weighted by molar-refractivity contribution is 5.79. The van der Waals surface area contributed by atoms with Gasteiger partial charge >= 0.3 is 0 Å². The zero-order valence-corrected chi connectivity index (χ0v) is 14.7. The average Bonchev–Trinajstić information content (AvgIpc) is 2.94. The lowest BCUT2D eigenvalue weighted by Gasteiger charge is -2.15. The van der Waals surface area contributed by atoms with E-state index in [2.05, 4.69) is 46.9 Å². The summed E-state index contributed by atoms with van der Waals surface area (Å²) < 4.78 is 5.11. The Morgan fingerprint density at radius 2 is 1.68 bits per heavy atom. The number of aromatic nitrogens is 1. The second kappa shape index (κ2) is 7.34. The summed E-state index contributed by atoms with van der Waals surface area (Å²) in [5.41, 5.74) is 5.06. The van der Waals surface area contributed by atoms with E-state index in [9.17, 15) is 4.79 Å². The van der Waals surface area contributed by atoms with Gasteiger partial charge in [0.15, 0.2) is 0 Å². The van der Waals surface area contributed by atoms with Crippen LogP contribution >= 0.6 is 0 Å². The van der Waals surface area contributed by atoms with Crippen LogP contribution in [0.15, 0.2) is 59.1 Å². The zero-order valence-electron chi connectivity index (χ0n) is 14.7. The maximum Gasteiger partial charge on any atom is 0.225 e. The standard InChI is InChI=1S/C21H22N2O2/c1-14(22-21(24)13-20-15(2)23-25-16(20)3)17-9-11-19(12-10-17)18-7-5-4-6-8-18/h4-12,14H,13H2,1-3H3,(H,22,24). The molecule has 0 aliphatic heterocycles. The number of carbonyl (C=O) groups excluding carboxylic acids is 1. The number of aryl methyl sites for hydroxylation is 2. The molecule has 4 nitrogen and oxygen atoms in total. The molecule has 1 unspecified atom stereocenters. The monoisotopic (exact) mass is 334 g/mol. The van der Waals surface area contributed by atoms with E-state index in [0.29, 0.717) is 5.76 Å². The summed E-state index contributed by atoms with van der Waals surface area (Å²) in [5.74, 6) is 0.668. The lowest BCUT2D eigenvalue weighted by atomic mass is 10.0. The quantitative estimate of drug-likeness (QED) is 0.753. The Bertz CT molecular complexity index is 832. The van der Waals surface area contributed by atoms with Gasteiger partial charge in [-0.2, -0.15) is 0 Å². The summed E-state index contributed by atoms with van der Waals surface area (Å²) in [4.78, 5) is 12.3. The first kappa shape index (κ1) is 17.0. The van der Waals surface area contributed by atoms with E-state index in [1.54, 1.807) is 0 Å². The van der Waals surface area contributed by atoms with E-state index in [-0.39, 0.29) is 18.4 Å². The van der Waals surface area contributed by atoms with Gasteiger partial charge in [0.1, 0.15) is 5.76 Å². The second-order valence-corrected chi connectivity index (χ2v) is 6.26. The summed E-state index contributed by atoms with van der Waals surface area (Å²) in [7, 11) is 0. The van der Waals surface area contributed by atoms with Crippen molar-refractivity contribution in [3.05, 3.63) is 77.2 Å². The van der Waals surface area contributed by atoms with Crippen LogP contribution in [0, 0.1) is 13.8 Å². The summed E-state index contributed by atoms with van der Waals surface area (Å²) in [6.45, 7) is 5.67. The van der Waals surface area contributed by atoms with Crippen molar-refractivity contribution in [3.8, 4) is 11.1 Å². The Kier molecular flexibility index (Phi) is 4.98. The summed E-state index contributed by atoms with van der Waals surface area (Å²) in [6, 6.07) is 18.5. The molecule has 0 spiro atoms. The third-order valence-electron chi connectivity index (χ3n) is 4.41. The minimum atomic E-state index is -0.0576. The Labute approximate surface area is 147 Å². The largest absolute Gasteiger partial charge is 0.361 e. The molecule has 0 saturated carbocycles. The molecule has 1 N–H and O–H groups in total. The number of nitrogens with one attached hydrogen (secondary N) is 1. The second-order valence-electron chi connectivity index (χ2n) is 6.26. The van der Waals surface area contributed by atoms with Crippen LogP contribution in [0.5, 0.6) is 0 Å². The fraction of sp³-hybridized carbons (Fsp3) is 0.238. The van der Waals surface area contributed by atoms with Crippen molar-refractivity contribution >= 4 is 5.91 Å². The minimum Gasteiger partial charge on any atom is -0.361 e. The molecular weight excluding hydrogens is 312 g/mol. The predicted molar refractivity (Wildman–Crippen MR) is 98.1 cm³/mol. The van der Waals surface area contributed by atoms with E-state index in [1.165, 1.54) is 11.1 Å². The normalized spacial score (nSPS) is 12.0. The molecule has 1 heterocycles. The Balaban J connectivity index is 1.65. The molecule has 3 aromatic rings. The lowest BCUT2D eigenvalue weighted by Crippen LogP contribution is -2.28. The first-order valence-corrected chi connectivity index (χ1v) is 8.41. The maximum absolute atomic E-state index is 12.3. The summed E-state index contributed by atoms with van der Waals surface area (Å²) >= 11 is 0. The van der Waals surface area contributed by atoms with Crippen molar-refractivity contribution < 1.29 is 9.32 Å². The van der Waals surface area contributed by atoms with Gasteiger partial charge in [-0.3, -0.25) is 4.79 Å². The first-order valence-electron chi connectivity index (χ1n) is 8.41. The van der Waals surface area contributed by atoms with Gasteiger partial charge in [0.05, 0.1) is 18.2 Å². The van der Waals surface area contributed by atoms with Crippen LogP contribution in [0.4, 0.5) is 0 Å². The highest BCUT2D eigenvalue weighted by Crippen LogP contribution is 2.22. The van der Waals surface area contributed by atoms with Crippen molar-refractivity contribution in [2.75, 3.05) is 0 Å². The van der Waals surface area contributed by atoms with Gasteiger partial charge in [-0.1, -0.05) is 59.8 Å². The zero-order chi connectivity index (χ0) is 17.8. The van der Waals surface area contributed by atoms with Gasteiger partial charge in [0.25, 0.3) is 0 Å². The molecule has 0 aliphatic rings. The Morgan fingerprint density at radius 1 is 1.04 bits per heavy atom. The van der Waals surface area contributed by atoms with Crippen LogP contribution in [0.1, 0.15) is 35.5 Å². The van der Waals surface area contributed by atoms with E-state index >= 15 is 0 Å². The van der Waals surface area contributed by atoms with Crippen LogP contribution in [0.3, 0.4) is 0 Å². The third-order valence-corrected chi connectivity index (χ3v) is 4.41. The van der Waals surface area contributed by atoms with Crippen LogP contribution in [0.2, 0.25) is 0 Å². The molecule has 2 aromatic carbocycles. The van der Waals surface area contributed by atoms with Gasteiger partial charge in [-0.05, 0) is 37.5 Å². The molecular formula is C21H22N2O2. The number of rotatable bonds is 5. The van der Waals surface area contributed by atoms with Gasteiger partial charge < -0.3 is 9.84 Å². The summed E-state index contributed by atoms with van der Waals surface area (Å²) in [5, 5.41) is 6.93. The smallest absolute Gasteiger partial charge is 0.225 e. The Morgan fingerprint density at radius 3 is 2.28 bits per heavy atom. The van der Waals surface area contributed by atoms with E-state index in [0.717, 1.165) is 16.8 Å². The number of nitrogens with zero attached hydrogens (tertiary/aromatic N) is 1. The molecule has 1 atom stereocenters. The fourth-order valence-corrected chi connectivity index (χ4v) is 2.89. The molecule has 4 heteroatoms. The Hall–Kier alpha value is -2.88. The summed E-state index contributed by atoms with van der Waals surface area (Å²) in [6.07, 6.45) is 0.285. The number of carbonyl (C=O) groups is 1. The molecule has 1 amide bonds. The van der Waals surface area contributed by atoms with Crippen molar-refractivity contribution in [1.29, 1.82) is 0 Å². The maximum atomic E-state index is 12.3. The lowest BCUT2D eigenvalue weighted by molar-refractivity contribution is -0.121. The molecule has 128 valence electrons. The molecule has 0 bridgehead atoms. The number of benzene rings is 2.